The van der Waals surface area contributed by atoms with Gasteiger partial charge in [-0.3, -0.25) is 5.21 Å². The van der Waals surface area contributed by atoms with Crippen molar-refractivity contribution in [2.24, 2.45) is 0 Å². The minimum Gasteiger partial charge on any atom is -0.734 e. The number of fused-ring (bicyclic) bond motifs is 3. The highest BCUT2D eigenvalue weighted by Gasteiger charge is 2.22. The van der Waals surface area contributed by atoms with Crippen LogP contribution in [-0.2, 0) is 0 Å². The Hall–Kier alpha value is -2.10. The van der Waals surface area contributed by atoms with Crippen molar-refractivity contribution in [2.75, 3.05) is 0 Å². The molecule has 1 aliphatic carbocycles. The maximum Gasteiger partial charge on any atom is 0.0231 e. The van der Waals surface area contributed by atoms with Gasteiger partial charge in [0.05, 0.1) is 0 Å². The Bertz CT molecular complexity index is 555. The molecule has 2 aromatic rings. The molecule has 84 valence electrons. The Kier molecular flexibility index (Phi) is 2.21. The van der Waals surface area contributed by atoms with Gasteiger partial charge in [-0.25, -0.2) is 0 Å². The van der Waals surface area contributed by atoms with Crippen molar-refractivity contribution in [1.29, 1.82) is 0 Å². The molecule has 17 heavy (non-hydrogen) atoms. The Labute approximate surface area is 98.8 Å². The van der Waals surface area contributed by atoms with Gasteiger partial charge in [0, 0.05) is 11.8 Å². The molecule has 0 unspecified atom stereocenters. The fraction of sp³-hybridized carbons (Fsp3) is 0. The molecule has 0 amide bonds. The first-order valence-corrected chi connectivity index (χ1v) is 5.33. The number of hydroxylamine groups is 2. The van der Waals surface area contributed by atoms with E-state index in [0.717, 1.165) is 27.8 Å². The molecular formula is C14H10NO2-. The van der Waals surface area contributed by atoms with Crippen LogP contribution in [0.5, 0.6) is 0 Å². The van der Waals surface area contributed by atoms with Gasteiger partial charge in [-0.2, -0.15) is 0 Å². The summed E-state index contributed by atoms with van der Waals surface area (Å²) in [6.07, 6.45) is 1.20. The summed E-state index contributed by atoms with van der Waals surface area (Å²) in [6, 6.07) is 15.7. The first kappa shape index (κ1) is 10.1. The van der Waals surface area contributed by atoms with E-state index in [2.05, 4.69) is 0 Å². The number of rotatable bonds is 1. The Balaban J connectivity index is 2.31. The highest BCUT2D eigenvalue weighted by atomic mass is 16.8. The van der Waals surface area contributed by atoms with Gasteiger partial charge in [-0.15, -0.1) is 0 Å². The van der Waals surface area contributed by atoms with Crippen LogP contribution in [0.2, 0.25) is 0 Å². The molecule has 3 nitrogen and oxygen atoms in total. The second kappa shape index (κ2) is 3.73. The minimum absolute atomic E-state index is 0.145. The molecule has 0 saturated heterocycles. The van der Waals surface area contributed by atoms with E-state index in [1.807, 2.05) is 48.5 Å². The SMILES string of the molecule is [O-]N(O)C=C1c2ccccc2-c2ccccc21. The molecule has 0 aromatic heterocycles. The van der Waals surface area contributed by atoms with E-state index in [-0.39, 0.29) is 5.23 Å². The summed E-state index contributed by atoms with van der Waals surface area (Å²) < 4.78 is 0. The Morgan fingerprint density at radius 2 is 1.24 bits per heavy atom. The molecule has 1 aliphatic rings. The maximum atomic E-state index is 10.8. The van der Waals surface area contributed by atoms with Gasteiger partial charge in [0.25, 0.3) is 0 Å². The zero-order chi connectivity index (χ0) is 11.8. The van der Waals surface area contributed by atoms with Crippen molar-refractivity contribution in [3.05, 3.63) is 71.1 Å². The summed E-state index contributed by atoms with van der Waals surface area (Å²) in [5, 5.41) is 19.5. The van der Waals surface area contributed by atoms with E-state index in [1.165, 1.54) is 6.20 Å². The minimum atomic E-state index is -0.145. The fourth-order valence-corrected chi connectivity index (χ4v) is 2.30. The summed E-state index contributed by atoms with van der Waals surface area (Å²) in [6.45, 7) is 0. The van der Waals surface area contributed by atoms with E-state index >= 15 is 0 Å². The largest absolute Gasteiger partial charge is 0.734 e. The normalized spacial score (nSPS) is 12.0. The molecule has 0 atom stereocenters. The summed E-state index contributed by atoms with van der Waals surface area (Å²) in [5.74, 6) is 0. The van der Waals surface area contributed by atoms with Crippen molar-refractivity contribution in [1.82, 2.24) is 5.23 Å². The van der Waals surface area contributed by atoms with Gasteiger partial charge in [0.2, 0.25) is 0 Å². The molecule has 0 radical (unpaired) electrons. The zero-order valence-electron chi connectivity index (χ0n) is 9.00. The summed E-state index contributed by atoms with van der Waals surface area (Å²) in [7, 11) is 0. The Morgan fingerprint density at radius 1 is 0.824 bits per heavy atom. The molecule has 0 bridgehead atoms. The highest BCUT2D eigenvalue weighted by Crippen LogP contribution is 2.43. The fourth-order valence-electron chi connectivity index (χ4n) is 2.30. The van der Waals surface area contributed by atoms with Crippen molar-refractivity contribution in [3.8, 4) is 11.1 Å². The molecule has 1 N–H and O–H groups in total. The second-order valence-electron chi connectivity index (χ2n) is 3.94. The third-order valence-electron chi connectivity index (χ3n) is 2.96. The van der Waals surface area contributed by atoms with Gasteiger partial charge >= 0.3 is 0 Å². The van der Waals surface area contributed by atoms with Crippen LogP contribution < -0.4 is 0 Å². The van der Waals surface area contributed by atoms with Crippen LogP contribution in [0, 0.1) is 5.21 Å². The second-order valence-corrected chi connectivity index (χ2v) is 3.94. The third kappa shape index (κ3) is 1.53. The van der Waals surface area contributed by atoms with Gasteiger partial charge < -0.3 is 10.4 Å². The highest BCUT2D eigenvalue weighted by molar-refractivity contribution is 6.00. The van der Waals surface area contributed by atoms with Crippen LogP contribution in [0.25, 0.3) is 16.7 Å². The molecule has 0 aliphatic heterocycles. The number of hydrogen-bond donors (Lipinski definition) is 1. The lowest BCUT2D eigenvalue weighted by atomic mass is 10.1. The summed E-state index contributed by atoms with van der Waals surface area (Å²) >= 11 is 0. The molecule has 3 heteroatoms. The predicted molar refractivity (Wildman–Crippen MR) is 65.9 cm³/mol. The molecule has 2 aromatic carbocycles. The first-order chi connectivity index (χ1) is 8.27. The van der Waals surface area contributed by atoms with Crippen molar-refractivity contribution < 1.29 is 5.21 Å². The molecular weight excluding hydrogens is 214 g/mol. The van der Waals surface area contributed by atoms with Crippen LogP contribution in [0.15, 0.2) is 54.7 Å². The van der Waals surface area contributed by atoms with Crippen LogP contribution in [0.3, 0.4) is 0 Å². The van der Waals surface area contributed by atoms with Crippen LogP contribution in [-0.4, -0.2) is 10.4 Å². The van der Waals surface area contributed by atoms with Crippen molar-refractivity contribution >= 4 is 5.57 Å². The van der Waals surface area contributed by atoms with E-state index < -0.39 is 0 Å². The molecule has 0 spiro atoms. The predicted octanol–water partition coefficient (Wildman–Crippen LogP) is 3.25. The molecule has 0 fully saturated rings. The topological polar surface area (TPSA) is 46.5 Å². The van der Waals surface area contributed by atoms with E-state index in [4.69, 9.17) is 5.21 Å². The molecule has 0 heterocycles. The lowest BCUT2D eigenvalue weighted by Gasteiger charge is -2.17. The van der Waals surface area contributed by atoms with Gasteiger partial charge in [-0.1, -0.05) is 48.5 Å². The summed E-state index contributed by atoms with van der Waals surface area (Å²) in [5.41, 5.74) is 4.90. The zero-order valence-corrected chi connectivity index (χ0v) is 9.00. The van der Waals surface area contributed by atoms with Crippen molar-refractivity contribution in [2.45, 2.75) is 0 Å². The number of hydrogen-bond acceptors (Lipinski definition) is 3. The van der Waals surface area contributed by atoms with Gasteiger partial charge in [-0.05, 0) is 22.3 Å². The first-order valence-electron chi connectivity index (χ1n) is 5.33. The van der Waals surface area contributed by atoms with E-state index in [1.54, 1.807) is 0 Å². The van der Waals surface area contributed by atoms with Crippen molar-refractivity contribution in [3.63, 3.8) is 0 Å². The van der Waals surface area contributed by atoms with Gasteiger partial charge in [0.1, 0.15) is 0 Å². The third-order valence-corrected chi connectivity index (χ3v) is 2.96. The maximum absolute atomic E-state index is 10.8. The number of nitrogens with zero attached hydrogens (tertiary/aromatic N) is 1. The monoisotopic (exact) mass is 224 g/mol. The van der Waals surface area contributed by atoms with Gasteiger partial charge in [0.15, 0.2) is 0 Å². The smallest absolute Gasteiger partial charge is 0.0231 e. The van der Waals surface area contributed by atoms with Crippen LogP contribution in [0.4, 0.5) is 0 Å². The average molecular weight is 224 g/mol. The Morgan fingerprint density at radius 3 is 1.65 bits per heavy atom. The number of benzene rings is 2. The lowest BCUT2D eigenvalue weighted by molar-refractivity contribution is 0.0126. The molecule has 3 rings (SSSR count). The lowest BCUT2D eigenvalue weighted by Crippen LogP contribution is -2.00. The summed E-state index contributed by atoms with van der Waals surface area (Å²) in [4.78, 5) is 0. The van der Waals surface area contributed by atoms with Crippen LogP contribution in [0.1, 0.15) is 11.1 Å². The van der Waals surface area contributed by atoms with Crippen LogP contribution >= 0.6 is 0 Å². The molecule has 0 saturated carbocycles. The van der Waals surface area contributed by atoms with E-state index in [9.17, 15) is 5.21 Å². The quantitative estimate of drug-likeness (QED) is 0.645. The van der Waals surface area contributed by atoms with E-state index in [0.29, 0.717) is 0 Å². The standard InChI is InChI=1S/C14H10NO2/c16-15(17)9-14-12-7-3-1-5-10(12)11-6-2-4-8-13(11)14/h1-9,16H/q-1. The average Bonchev–Trinajstić information content (AvgIpc) is 2.65.